The first kappa shape index (κ1) is 11.9. The Morgan fingerprint density at radius 2 is 2.00 bits per heavy atom. The lowest BCUT2D eigenvalue weighted by atomic mass is 9.92. The first-order chi connectivity index (χ1) is 8.66. The maximum atomic E-state index is 3.59. The summed E-state index contributed by atoms with van der Waals surface area (Å²) in [6.45, 7) is 4.63. The summed E-state index contributed by atoms with van der Waals surface area (Å²) in [6.07, 6.45) is 3.38. The van der Waals surface area contributed by atoms with E-state index in [1.165, 1.54) is 27.7 Å². The number of aromatic nitrogens is 1. The summed E-state index contributed by atoms with van der Waals surface area (Å²) in [5.41, 5.74) is 4.15. The Labute approximate surface area is 117 Å². The average Bonchev–Trinajstić information content (AvgIpc) is 2.47. The van der Waals surface area contributed by atoms with Gasteiger partial charge in [-0.05, 0) is 42.7 Å². The molecule has 1 aliphatic rings. The normalized spacial score (nSPS) is 21.9. The molecule has 2 atom stereocenters. The molecule has 0 spiro atoms. The van der Waals surface area contributed by atoms with Crippen molar-refractivity contribution in [2.24, 2.45) is 0 Å². The minimum absolute atomic E-state index is 0.544. The lowest BCUT2D eigenvalue weighted by molar-refractivity contribution is -0.709. The Balaban J connectivity index is 2.30. The first-order valence-electron chi connectivity index (χ1n) is 6.47. The molecule has 2 heteroatoms. The number of benzene rings is 1. The minimum Gasteiger partial charge on any atom is -0.196 e. The number of rotatable bonds is 0. The monoisotopic (exact) mass is 302 g/mol. The molecule has 0 saturated carbocycles. The Bertz CT molecular complexity index is 591. The van der Waals surface area contributed by atoms with Gasteiger partial charge in [-0.3, -0.25) is 0 Å². The van der Waals surface area contributed by atoms with Crippen molar-refractivity contribution in [3.05, 3.63) is 52.6 Å². The van der Waals surface area contributed by atoms with Crippen LogP contribution in [-0.2, 0) is 0 Å². The van der Waals surface area contributed by atoms with Crippen molar-refractivity contribution in [3.8, 4) is 11.3 Å². The molecule has 1 nitrogen and oxygen atoms in total. The predicted molar refractivity (Wildman–Crippen MR) is 77.5 cm³/mol. The van der Waals surface area contributed by atoms with E-state index in [1.807, 2.05) is 0 Å². The second-order valence-electron chi connectivity index (χ2n) is 5.21. The van der Waals surface area contributed by atoms with Crippen LogP contribution in [0, 0.1) is 0 Å². The third-order valence-corrected chi connectivity index (χ3v) is 4.37. The van der Waals surface area contributed by atoms with Crippen LogP contribution in [0.5, 0.6) is 0 Å². The second-order valence-corrected chi connectivity index (χ2v) is 6.13. The highest BCUT2D eigenvalue weighted by Crippen LogP contribution is 2.36. The summed E-state index contributed by atoms with van der Waals surface area (Å²) < 4.78 is 3.57. The fourth-order valence-corrected chi connectivity index (χ4v) is 3.37. The standard InChI is InChI=1S/C16H17BrN/c1-11-9-12(2)18-8-4-3-5-16(18)14-7-6-13(17)10-15(11)14/h3-8,10-12H,9H2,1-2H3/q+1. The number of pyridine rings is 1. The van der Waals surface area contributed by atoms with Gasteiger partial charge in [0.25, 0.3) is 0 Å². The minimum atomic E-state index is 0.544. The molecular formula is C16H17BrN+. The molecule has 3 rings (SSSR count). The van der Waals surface area contributed by atoms with Gasteiger partial charge in [0.1, 0.15) is 0 Å². The number of nitrogens with zero attached hydrogens (tertiary/aromatic N) is 1. The molecule has 1 aromatic heterocycles. The molecular weight excluding hydrogens is 286 g/mol. The van der Waals surface area contributed by atoms with Gasteiger partial charge in [-0.1, -0.05) is 22.9 Å². The summed E-state index contributed by atoms with van der Waals surface area (Å²) in [7, 11) is 0. The van der Waals surface area contributed by atoms with Crippen LogP contribution >= 0.6 is 15.9 Å². The van der Waals surface area contributed by atoms with Crippen molar-refractivity contribution < 1.29 is 4.57 Å². The van der Waals surface area contributed by atoms with E-state index in [2.05, 4.69) is 76.9 Å². The molecule has 0 fully saturated rings. The number of halogens is 1. The van der Waals surface area contributed by atoms with E-state index in [-0.39, 0.29) is 0 Å². The van der Waals surface area contributed by atoms with E-state index in [0.717, 1.165) is 0 Å². The Morgan fingerprint density at radius 3 is 2.83 bits per heavy atom. The second kappa shape index (κ2) is 4.51. The van der Waals surface area contributed by atoms with Gasteiger partial charge in [0.15, 0.2) is 12.2 Å². The van der Waals surface area contributed by atoms with Crippen LogP contribution in [0.1, 0.15) is 37.8 Å². The van der Waals surface area contributed by atoms with Crippen molar-refractivity contribution in [2.45, 2.75) is 32.2 Å². The summed E-state index contributed by atoms with van der Waals surface area (Å²) in [5, 5.41) is 0. The van der Waals surface area contributed by atoms with Crippen LogP contribution in [0.3, 0.4) is 0 Å². The first-order valence-corrected chi connectivity index (χ1v) is 7.26. The molecule has 2 heterocycles. The molecule has 0 aliphatic carbocycles. The maximum Gasteiger partial charge on any atom is 0.212 e. The van der Waals surface area contributed by atoms with E-state index < -0.39 is 0 Å². The Hall–Kier alpha value is -1.15. The molecule has 2 aromatic rings. The van der Waals surface area contributed by atoms with Gasteiger partial charge in [0, 0.05) is 28.6 Å². The van der Waals surface area contributed by atoms with E-state index >= 15 is 0 Å². The molecule has 0 amide bonds. The molecule has 92 valence electrons. The summed E-state index contributed by atoms with van der Waals surface area (Å²) in [5.74, 6) is 0.590. The number of hydrogen-bond acceptors (Lipinski definition) is 0. The average molecular weight is 303 g/mol. The Kier molecular flexibility index (Phi) is 2.98. The Morgan fingerprint density at radius 1 is 1.17 bits per heavy atom. The summed E-state index contributed by atoms with van der Waals surface area (Å²) in [6, 6.07) is 13.7. The molecule has 0 radical (unpaired) electrons. The summed E-state index contributed by atoms with van der Waals surface area (Å²) in [4.78, 5) is 0. The van der Waals surface area contributed by atoms with Gasteiger partial charge in [0.05, 0.1) is 0 Å². The molecule has 1 aliphatic heterocycles. The molecule has 0 bridgehead atoms. The van der Waals surface area contributed by atoms with Crippen molar-refractivity contribution in [1.82, 2.24) is 0 Å². The third kappa shape index (κ3) is 1.89. The highest BCUT2D eigenvalue weighted by atomic mass is 79.9. The van der Waals surface area contributed by atoms with Crippen LogP contribution in [0.15, 0.2) is 47.1 Å². The van der Waals surface area contributed by atoms with Crippen LogP contribution in [0.4, 0.5) is 0 Å². The lowest BCUT2D eigenvalue weighted by Gasteiger charge is -2.11. The van der Waals surface area contributed by atoms with Gasteiger partial charge in [-0.25, -0.2) is 0 Å². The SMILES string of the molecule is CC1CC(C)[n+]2ccccc2-c2ccc(Br)cc21. The molecule has 2 unspecified atom stereocenters. The number of hydrogen-bond donors (Lipinski definition) is 0. The van der Waals surface area contributed by atoms with Crippen molar-refractivity contribution in [2.75, 3.05) is 0 Å². The zero-order valence-electron chi connectivity index (χ0n) is 10.7. The van der Waals surface area contributed by atoms with E-state index in [0.29, 0.717) is 12.0 Å². The molecule has 0 saturated heterocycles. The van der Waals surface area contributed by atoms with Gasteiger partial charge in [-0.2, -0.15) is 4.57 Å². The molecule has 18 heavy (non-hydrogen) atoms. The van der Waals surface area contributed by atoms with Gasteiger partial charge in [-0.15, -0.1) is 0 Å². The zero-order chi connectivity index (χ0) is 12.7. The van der Waals surface area contributed by atoms with Gasteiger partial charge >= 0.3 is 0 Å². The zero-order valence-corrected chi connectivity index (χ0v) is 12.3. The fourth-order valence-electron chi connectivity index (χ4n) is 3.00. The number of fused-ring (bicyclic) bond motifs is 3. The lowest BCUT2D eigenvalue weighted by Crippen LogP contribution is -2.38. The summed E-state index contributed by atoms with van der Waals surface area (Å²) >= 11 is 3.59. The fraction of sp³-hybridized carbons (Fsp3) is 0.312. The highest BCUT2D eigenvalue weighted by molar-refractivity contribution is 9.10. The quantitative estimate of drug-likeness (QED) is 0.632. The van der Waals surface area contributed by atoms with Gasteiger partial charge < -0.3 is 0 Å². The van der Waals surface area contributed by atoms with Crippen LogP contribution in [0.2, 0.25) is 0 Å². The van der Waals surface area contributed by atoms with Crippen LogP contribution < -0.4 is 4.57 Å². The van der Waals surface area contributed by atoms with E-state index in [9.17, 15) is 0 Å². The predicted octanol–water partition coefficient (Wildman–Crippen LogP) is 4.47. The maximum absolute atomic E-state index is 3.59. The van der Waals surface area contributed by atoms with Crippen molar-refractivity contribution in [3.63, 3.8) is 0 Å². The van der Waals surface area contributed by atoms with Crippen LogP contribution in [0.25, 0.3) is 11.3 Å². The highest BCUT2D eigenvalue weighted by Gasteiger charge is 2.29. The van der Waals surface area contributed by atoms with E-state index in [4.69, 9.17) is 0 Å². The smallest absolute Gasteiger partial charge is 0.196 e. The topological polar surface area (TPSA) is 3.88 Å². The van der Waals surface area contributed by atoms with Crippen molar-refractivity contribution >= 4 is 15.9 Å². The van der Waals surface area contributed by atoms with Crippen molar-refractivity contribution in [1.29, 1.82) is 0 Å². The largest absolute Gasteiger partial charge is 0.212 e. The molecule has 1 aromatic carbocycles. The van der Waals surface area contributed by atoms with E-state index in [1.54, 1.807) is 0 Å². The third-order valence-electron chi connectivity index (χ3n) is 3.88. The van der Waals surface area contributed by atoms with Gasteiger partial charge in [0.2, 0.25) is 5.69 Å². The van der Waals surface area contributed by atoms with Crippen LogP contribution in [-0.4, -0.2) is 0 Å². The molecule has 0 N–H and O–H groups in total.